The topological polar surface area (TPSA) is 0 Å². The van der Waals surface area contributed by atoms with Gasteiger partial charge >= 0.3 is 49.0 Å². The van der Waals surface area contributed by atoms with Crippen molar-refractivity contribution < 1.29 is 19.5 Å². The van der Waals surface area contributed by atoms with Crippen LogP contribution in [-0.2, 0) is 19.5 Å². The summed E-state index contributed by atoms with van der Waals surface area (Å²) in [5, 5.41) is 0. The second-order valence-corrected chi connectivity index (χ2v) is 0. The van der Waals surface area contributed by atoms with Gasteiger partial charge in [0, 0.05) is 0 Å². The van der Waals surface area contributed by atoms with E-state index in [1.807, 2.05) is 0 Å². The molecule has 0 heterocycles. The molecule has 0 aliphatic carbocycles. The summed E-state index contributed by atoms with van der Waals surface area (Å²) in [5.74, 6) is 0. The molecule has 0 fully saturated rings. The third kappa shape index (κ3) is 9.26. The van der Waals surface area contributed by atoms with Crippen molar-refractivity contribution in [2.75, 3.05) is 0 Å². The van der Waals surface area contributed by atoms with E-state index in [0.29, 0.717) is 0 Å². The van der Waals surface area contributed by atoms with E-state index in [9.17, 15) is 0 Å². The van der Waals surface area contributed by atoms with Crippen LogP contribution in [0.3, 0.4) is 0 Å². The van der Waals surface area contributed by atoms with Crippen LogP contribution >= 0.6 is 0 Å². The maximum Gasteiger partial charge on any atom is 2.00 e. The summed E-state index contributed by atoms with van der Waals surface area (Å²) in [6.07, 6.45) is 0. The average molecular weight is 119 g/mol. The summed E-state index contributed by atoms with van der Waals surface area (Å²) >= 11 is 0. The molecule has 4 heteroatoms. The van der Waals surface area contributed by atoms with Crippen molar-refractivity contribution in [3.8, 4) is 0 Å². The Balaban J connectivity index is 0. The number of rotatable bonds is 0. The summed E-state index contributed by atoms with van der Waals surface area (Å²) in [5.41, 5.74) is 0. The first-order valence-electron chi connectivity index (χ1n) is 0. The molecule has 0 amide bonds. The molecule has 0 bridgehead atoms. The zero-order chi connectivity index (χ0) is 0. The van der Waals surface area contributed by atoms with Crippen LogP contribution in [0.2, 0.25) is 0 Å². The Labute approximate surface area is 65.3 Å². The molecule has 18 valence electrons. The van der Waals surface area contributed by atoms with E-state index in [1.165, 1.54) is 0 Å². The Kier molecular flexibility index (Phi) is 230. The molecule has 0 aromatic rings. The smallest absolute Gasteiger partial charge is 2.00 e. The molecule has 0 N–H and O–H groups in total. The Bertz CT molecular complexity index is 6.00. The number of hydrogen-bond acceptors (Lipinski definition) is 0. The van der Waals surface area contributed by atoms with Gasteiger partial charge in [-0.2, -0.15) is 0 Å². The zero-order valence-corrected chi connectivity index (χ0v) is 3.67. The fourth-order valence-corrected chi connectivity index (χ4v) is 0. The largest absolute Gasteiger partial charge is 2.00 e. The minimum absolute atomic E-state index is 0. The second kappa shape index (κ2) is 21.8. The van der Waals surface area contributed by atoms with Crippen LogP contribution in [-0.4, -0.2) is 46.4 Å². The van der Waals surface area contributed by atoms with Crippen molar-refractivity contribution in [3.63, 3.8) is 0 Å². The predicted molar refractivity (Wildman–Crippen MR) is 29.8 cm³/mol. The monoisotopic (exact) mass is 118 g/mol. The summed E-state index contributed by atoms with van der Waals surface area (Å²) in [4.78, 5) is 0. The van der Waals surface area contributed by atoms with Crippen molar-refractivity contribution in [3.05, 3.63) is 0 Å². The van der Waals surface area contributed by atoms with Crippen LogP contribution in [0.1, 0.15) is 0 Å². The van der Waals surface area contributed by atoms with Gasteiger partial charge in [0.1, 0.15) is 0 Å². The van der Waals surface area contributed by atoms with Gasteiger partial charge < -0.3 is 0 Å². The van der Waals surface area contributed by atoms with E-state index < -0.39 is 0 Å². The van der Waals surface area contributed by atoms with Crippen LogP contribution in [0.15, 0.2) is 0 Å². The van der Waals surface area contributed by atoms with E-state index in [4.69, 9.17) is 0 Å². The van der Waals surface area contributed by atoms with Gasteiger partial charge in [-0.1, -0.05) is 16.8 Å². The quantitative estimate of drug-likeness (QED) is 0.290. The average Bonchev–Trinajstić information content (AvgIpc) is 0. The minimum atomic E-state index is 0. The van der Waals surface area contributed by atoms with Crippen LogP contribution in [0.25, 0.3) is 0 Å². The van der Waals surface area contributed by atoms with Crippen molar-refractivity contribution >= 4 is 46.4 Å². The maximum atomic E-state index is 0. The van der Waals surface area contributed by atoms with E-state index in [2.05, 4.69) is 0 Å². The molecular formula is H9B2NaZn. The summed E-state index contributed by atoms with van der Waals surface area (Å²) in [7, 11) is 0. The summed E-state index contributed by atoms with van der Waals surface area (Å²) in [6.45, 7) is 0. The molecule has 0 rings (SSSR count). The Hall–Kier alpha value is 1.75. The number of hydrogen-bond donors (Lipinski definition) is 0. The molecule has 0 aromatic heterocycles. The van der Waals surface area contributed by atoms with E-state index in [1.54, 1.807) is 0 Å². The zero-order valence-electron chi connectivity index (χ0n) is 0.707. The van der Waals surface area contributed by atoms with Crippen molar-refractivity contribution in [2.45, 2.75) is 0 Å². The molecule has 0 atom stereocenters. The summed E-state index contributed by atoms with van der Waals surface area (Å²) < 4.78 is 0. The van der Waals surface area contributed by atoms with Gasteiger partial charge in [0.15, 0.2) is 0 Å². The Morgan fingerprint density at radius 1 is 0.750 bits per heavy atom. The SMILES string of the molecule is [BH4-].[BH4-].[NaH].[Zn+2]. The predicted octanol–water partition coefficient (Wildman–Crippen LogP) is -3.55. The standard InChI is InChI=1S/2BH4.Na.Zn.H/h2*1H4;;;/q2*-1;;+2;. The molecule has 0 aromatic carbocycles. The molecule has 0 saturated heterocycles. The van der Waals surface area contributed by atoms with E-state index >= 15 is 0 Å². The van der Waals surface area contributed by atoms with Gasteiger partial charge in [-0.25, -0.2) is 0 Å². The Morgan fingerprint density at radius 2 is 0.750 bits per heavy atom. The molecule has 0 unspecified atom stereocenters. The molecule has 0 aliphatic heterocycles. The van der Waals surface area contributed by atoms with Crippen molar-refractivity contribution in [1.82, 2.24) is 0 Å². The first-order valence-corrected chi connectivity index (χ1v) is 0. The van der Waals surface area contributed by atoms with E-state index in [0.717, 1.165) is 0 Å². The first-order chi connectivity index (χ1) is 0. The fourth-order valence-electron chi connectivity index (χ4n) is 0. The van der Waals surface area contributed by atoms with Gasteiger partial charge in [0.05, 0.1) is 0 Å². The molecule has 0 nitrogen and oxygen atoms in total. The molecule has 0 aliphatic rings. The van der Waals surface area contributed by atoms with Gasteiger partial charge in [0.2, 0.25) is 0 Å². The molecule has 4 heavy (non-hydrogen) atoms. The van der Waals surface area contributed by atoms with Crippen molar-refractivity contribution in [2.24, 2.45) is 0 Å². The Morgan fingerprint density at radius 3 is 0.750 bits per heavy atom. The van der Waals surface area contributed by atoms with Gasteiger partial charge in [0.25, 0.3) is 0 Å². The third-order valence-electron chi connectivity index (χ3n) is 0. The maximum absolute atomic E-state index is 0. The van der Waals surface area contributed by atoms with Gasteiger partial charge in [-0.05, 0) is 0 Å². The second-order valence-electron chi connectivity index (χ2n) is 0. The van der Waals surface area contributed by atoms with Gasteiger partial charge in [-0.15, -0.1) is 0 Å². The first kappa shape index (κ1) is 42.3. The fraction of sp³-hybridized carbons (Fsp3) is 0. The van der Waals surface area contributed by atoms with Crippen molar-refractivity contribution in [1.29, 1.82) is 0 Å². The van der Waals surface area contributed by atoms with Crippen LogP contribution < -0.4 is 0 Å². The minimum Gasteiger partial charge on any atom is 2.00 e. The molecule has 0 spiro atoms. The van der Waals surface area contributed by atoms with Crippen LogP contribution in [0.5, 0.6) is 0 Å². The molecule has 0 saturated carbocycles. The molecular weight excluding hydrogens is 110 g/mol. The summed E-state index contributed by atoms with van der Waals surface area (Å²) in [6, 6.07) is 0. The molecule has 0 radical (unpaired) electrons. The van der Waals surface area contributed by atoms with Crippen LogP contribution in [0, 0.1) is 0 Å². The third-order valence-corrected chi connectivity index (χ3v) is 0. The van der Waals surface area contributed by atoms with Crippen LogP contribution in [0.4, 0.5) is 0 Å². The normalized spacial score (nSPS) is 0. The van der Waals surface area contributed by atoms with E-state index in [-0.39, 0.29) is 65.9 Å². The van der Waals surface area contributed by atoms with Gasteiger partial charge in [-0.3, -0.25) is 0 Å².